The number of halogens is 1. The molecule has 0 aliphatic heterocycles. The van der Waals surface area contributed by atoms with E-state index < -0.39 is 0 Å². The number of hydrogen-bond acceptors (Lipinski definition) is 1. The zero-order valence-electron chi connectivity index (χ0n) is 11.5. The lowest BCUT2D eigenvalue weighted by molar-refractivity contribution is 0.0952. The molecule has 1 fully saturated rings. The summed E-state index contributed by atoms with van der Waals surface area (Å²) in [6.45, 7) is 2.47. The zero-order valence-corrected chi connectivity index (χ0v) is 11.5. The summed E-state index contributed by atoms with van der Waals surface area (Å²) in [5.74, 6) is 0.476. The first-order valence-corrected chi connectivity index (χ1v) is 7.21. The molecule has 2 rings (SSSR count). The number of hydrogen-bond donors (Lipinski definition) is 1. The van der Waals surface area contributed by atoms with E-state index in [9.17, 15) is 9.18 Å². The molecule has 1 aromatic rings. The van der Waals surface area contributed by atoms with Crippen LogP contribution in [0.2, 0.25) is 0 Å². The fourth-order valence-electron chi connectivity index (χ4n) is 2.87. The van der Waals surface area contributed by atoms with Crippen LogP contribution in [0.3, 0.4) is 0 Å². The fourth-order valence-corrected chi connectivity index (χ4v) is 2.87. The minimum absolute atomic E-state index is 0.0936. The molecule has 2 nitrogen and oxygen atoms in total. The fraction of sp³-hybridized carbons (Fsp3) is 0.562. The van der Waals surface area contributed by atoms with Gasteiger partial charge in [-0.3, -0.25) is 4.79 Å². The average Bonchev–Trinajstić information content (AvgIpc) is 2.87. The Labute approximate surface area is 114 Å². The second-order valence-corrected chi connectivity index (χ2v) is 5.51. The van der Waals surface area contributed by atoms with Crippen LogP contribution in [0.5, 0.6) is 0 Å². The van der Waals surface area contributed by atoms with E-state index >= 15 is 0 Å². The lowest BCUT2D eigenvalue weighted by Gasteiger charge is -2.10. The lowest BCUT2D eigenvalue weighted by Crippen LogP contribution is -2.25. The van der Waals surface area contributed by atoms with Crippen LogP contribution in [-0.2, 0) is 0 Å². The van der Waals surface area contributed by atoms with Crippen LogP contribution in [0, 0.1) is 18.7 Å². The van der Waals surface area contributed by atoms with Gasteiger partial charge in [0.1, 0.15) is 5.82 Å². The van der Waals surface area contributed by atoms with Gasteiger partial charge in [-0.05, 0) is 49.4 Å². The van der Waals surface area contributed by atoms with Crippen LogP contribution in [-0.4, -0.2) is 12.5 Å². The van der Waals surface area contributed by atoms with E-state index in [1.807, 2.05) is 0 Å². The Morgan fingerprint density at radius 3 is 2.79 bits per heavy atom. The quantitative estimate of drug-likeness (QED) is 0.804. The SMILES string of the molecule is Cc1cc(F)ccc1C(=O)NCCCC1CCCC1. The maximum Gasteiger partial charge on any atom is 0.251 e. The highest BCUT2D eigenvalue weighted by Gasteiger charge is 2.14. The van der Waals surface area contributed by atoms with Gasteiger partial charge >= 0.3 is 0 Å². The van der Waals surface area contributed by atoms with Crippen LogP contribution < -0.4 is 5.32 Å². The molecule has 1 amide bonds. The average molecular weight is 263 g/mol. The number of amides is 1. The lowest BCUT2D eigenvalue weighted by atomic mass is 10.0. The summed E-state index contributed by atoms with van der Waals surface area (Å²) >= 11 is 0. The smallest absolute Gasteiger partial charge is 0.251 e. The van der Waals surface area contributed by atoms with E-state index in [0.717, 1.165) is 12.3 Å². The molecular weight excluding hydrogens is 241 g/mol. The largest absolute Gasteiger partial charge is 0.352 e. The van der Waals surface area contributed by atoms with Crippen LogP contribution in [0.4, 0.5) is 4.39 Å². The molecule has 0 unspecified atom stereocenters. The van der Waals surface area contributed by atoms with Crippen molar-refractivity contribution in [2.45, 2.75) is 45.4 Å². The monoisotopic (exact) mass is 263 g/mol. The van der Waals surface area contributed by atoms with Crippen LogP contribution in [0.1, 0.15) is 54.4 Å². The van der Waals surface area contributed by atoms with Crippen LogP contribution in [0.15, 0.2) is 18.2 Å². The maximum atomic E-state index is 13.0. The Bertz CT molecular complexity index is 438. The van der Waals surface area contributed by atoms with E-state index in [4.69, 9.17) is 0 Å². The van der Waals surface area contributed by atoms with Gasteiger partial charge in [-0.15, -0.1) is 0 Å². The Kier molecular flexibility index (Phi) is 4.94. The molecule has 1 aromatic carbocycles. The van der Waals surface area contributed by atoms with Crippen molar-refractivity contribution >= 4 is 5.91 Å². The van der Waals surface area contributed by atoms with E-state index in [1.165, 1.54) is 44.2 Å². The van der Waals surface area contributed by atoms with Crippen molar-refractivity contribution in [3.05, 3.63) is 35.1 Å². The normalized spacial score (nSPS) is 15.7. The van der Waals surface area contributed by atoms with Gasteiger partial charge in [0.05, 0.1) is 0 Å². The van der Waals surface area contributed by atoms with Gasteiger partial charge in [-0.2, -0.15) is 0 Å². The van der Waals surface area contributed by atoms with Gasteiger partial charge in [-0.1, -0.05) is 25.7 Å². The molecule has 0 heterocycles. The zero-order chi connectivity index (χ0) is 13.7. The number of carbonyl (C=O) groups excluding carboxylic acids is 1. The Balaban J connectivity index is 1.74. The number of carbonyl (C=O) groups is 1. The molecular formula is C16H22FNO. The Hall–Kier alpha value is -1.38. The van der Waals surface area contributed by atoms with Crippen molar-refractivity contribution in [3.63, 3.8) is 0 Å². The first-order valence-electron chi connectivity index (χ1n) is 7.21. The van der Waals surface area contributed by atoms with Crippen molar-refractivity contribution in [2.24, 2.45) is 5.92 Å². The third kappa shape index (κ3) is 4.05. The van der Waals surface area contributed by atoms with E-state index in [1.54, 1.807) is 13.0 Å². The van der Waals surface area contributed by atoms with Gasteiger partial charge in [-0.25, -0.2) is 4.39 Å². The molecule has 1 aliphatic rings. The third-order valence-corrected chi connectivity index (χ3v) is 3.98. The molecule has 3 heteroatoms. The van der Waals surface area contributed by atoms with Crippen molar-refractivity contribution in [3.8, 4) is 0 Å². The summed E-state index contributed by atoms with van der Waals surface area (Å²) in [5.41, 5.74) is 1.26. The van der Waals surface area contributed by atoms with Crippen LogP contribution in [0.25, 0.3) is 0 Å². The van der Waals surface area contributed by atoms with E-state index in [2.05, 4.69) is 5.32 Å². The molecule has 0 atom stereocenters. The Morgan fingerprint density at radius 1 is 1.37 bits per heavy atom. The summed E-state index contributed by atoms with van der Waals surface area (Å²) < 4.78 is 13.0. The molecule has 19 heavy (non-hydrogen) atoms. The molecule has 104 valence electrons. The van der Waals surface area contributed by atoms with Crippen molar-refractivity contribution in [1.82, 2.24) is 5.32 Å². The number of rotatable bonds is 5. The van der Waals surface area contributed by atoms with E-state index in [-0.39, 0.29) is 11.7 Å². The van der Waals surface area contributed by atoms with E-state index in [0.29, 0.717) is 17.7 Å². The highest BCUT2D eigenvalue weighted by atomic mass is 19.1. The number of nitrogens with one attached hydrogen (secondary N) is 1. The molecule has 0 aromatic heterocycles. The van der Waals surface area contributed by atoms with Crippen molar-refractivity contribution in [1.29, 1.82) is 0 Å². The summed E-state index contributed by atoms with van der Waals surface area (Å²) in [7, 11) is 0. The molecule has 0 spiro atoms. The highest BCUT2D eigenvalue weighted by molar-refractivity contribution is 5.95. The van der Waals surface area contributed by atoms with Crippen molar-refractivity contribution < 1.29 is 9.18 Å². The molecule has 1 aliphatic carbocycles. The molecule has 0 bridgehead atoms. The second kappa shape index (κ2) is 6.69. The summed E-state index contributed by atoms with van der Waals surface area (Å²) in [5, 5.41) is 2.92. The summed E-state index contributed by atoms with van der Waals surface area (Å²) in [4.78, 5) is 11.9. The topological polar surface area (TPSA) is 29.1 Å². The Morgan fingerprint density at radius 2 is 2.11 bits per heavy atom. The standard InChI is InChI=1S/C16H22FNO/c1-12-11-14(17)8-9-15(12)16(19)18-10-4-7-13-5-2-3-6-13/h8-9,11,13H,2-7,10H2,1H3,(H,18,19). The number of aryl methyl sites for hydroxylation is 1. The molecule has 1 N–H and O–H groups in total. The van der Waals surface area contributed by atoms with Crippen molar-refractivity contribution in [2.75, 3.05) is 6.54 Å². The summed E-state index contributed by atoms with van der Waals surface area (Å²) in [6, 6.07) is 4.28. The predicted molar refractivity (Wildman–Crippen MR) is 74.7 cm³/mol. The van der Waals surface area contributed by atoms with Gasteiger partial charge < -0.3 is 5.32 Å². The first-order chi connectivity index (χ1) is 9.16. The highest BCUT2D eigenvalue weighted by Crippen LogP contribution is 2.28. The molecule has 0 saturated heterocycles. The number of benzene rings is 1. The summed E-state index contributed by atoms with van der Waals surface area (Å²) in [6.07, 6.45) is 7.69. The molecule has 0 radical (unpaired) electrons. The first kappa shape index (κ1) is 14.0. The van der Waals surface area contributed by atoms with Gasteiger partial charge in [0.25, 0.3) is 5.91 Å². The minimum Gasteiger partial charge on any atom is -0.352 e. The predicted octanol–water partition coefficient (Wildman–Crippen LogP) is 3.83. The second-order valence-electron chi connectivity index (χ2n) is 5.51. The van der Waals surface area contributed by atoms with Gasteiger partial charge in [0.2, 0.25) is 0 Å². The van der Waals surface area contributed by atoms with Crippen LogP contribution >= 0.6 is 0 Å². The third-order valence-electron chi connectivity index (χ3n) is 3.98. The van der Waals surface area contributed by atoms with Gasteiger partial charge in [0, 0.05) is 12.1 Å². The van der Waals surface area contributed by atoms with Gasteiger partial charge in [0.15, 0.2) is 0 Å². The molecule has 1 saturated carbocycles. The maximum absolute atomic E-state index is 13.0. The minimum atomic E-state index is -0.296.